The van der Waals surface area contributed by atoms with Gasteiger partial charge >= 0.3 is 6.09 Å². The molecule has 25 heavy (non-hydrogen) atoms. The average molecular weight is 368 g/mol. The third kappa shape index (κ3) is 6.70. The van der Waals surface area contributed by atoms with Crippen molar-refractivity contribution in [1.29, 1.82) is 0 Å². The number of phenolic OH excluding ortho intramolecular Hbond substituents is 1. The summed E-state index contributed by atoms with van der Waals surface area (Å²) in [7, 11) is -1.99. The first-order valence-corrected chi connectivity index (χ1v) is 11.5. The zero-order valence-corrected chi connectivity index (χ0v) is 17.8. The Morgan fingerprint density at radius 2 is 1.72 bits per heavy atom. The Morgan fingerprint density at radius 1 is 1.16 bits per heavy atom. The Kier molecular flexibility index (Phi) is 6.70. The second-order valence-electron chi connectivity index (χ2n) is 8.83. The lowest BCUT2D eigenvalue weighted by Gasteiger charge is -2.37. The Balaban J connectivity index is 2.97. The van der Waals surface area contributed by atoms with Crippen LogP contribution in [-0.2, 0) is 9.16 Å². The van der Waals surface area contributed by atoms with Crippen molar-refractivity contribution in [3.8, 4) is 5.75 Å². The van der Waals surface area contributed by atoms with Crippen LogP contribution in [0.25, 0.3) is 0 Å². The highest BCUT2D eigenvalue weighted by molar-refractivity contribution is 6.74. The number of ether oxygens (including phenoxy) is 1. The molecule has 5 nitrogen and oxygen atoms in total. The summed E-state index contributed by atoms with van der Waals surface area (Å²) in [5.41, 5.74) is 0.0280. The van der Waals surface area contributed by atoms with Gasteiger partial charge in [-0.25, -0.2) is 4.79 Å². The molecule has 0 aliphatic rings. The average Bonchev–Trinajstić information content (AvgIpc) is 2.41. The Labute approximate surface area is 152 Å². The van der Waals surface area contributed by atoms with E-state index < -0.39 is 26.1 Å². The lowest BCUT2D eigenvalue weighted by atomic mass is 10.1. The minimum atomic E-state index is -1.99. The fourth-order valence-electron chi connectivity index (χ4n) is 1.95. The van der Waals surface area contributed by atoms with E-state index in [1.165, 1.54) is 0 Å². The van der Waals surface area contributed by atoms with Crippen LogP contribution in [0.1, 0.15) is 53.1 Å². The molecule has 1 amide bonds. The van der Waals surface area contributed by atoms with Crippen LogP contribution in [0.5, 0.6) is 5.75 Å². The molecule has 0 heterocycles. The van der Waals surface area contributed by atoms with Crippen LogP contribution >= 0.6 is 0 Å². The SMILES string of the molecule is CC(C)(C)OC(=O)NC(CO[Si](C)(C)C(C)(C)C)c1ccccc1O. The van der Waals surface area contributed by atoms with Gasteiger partial charge < -0.3 is 19.6 Å². The Hall–Kier alpha value is -1.53. The predicted octanol–water partition coefficient (Wildman–Crippen LogP) is 4.98. The maximum absolute atomic E-state index is 12.2. The zero-order chi connectivity index (χ0) is 19.5. The van der Waals surface area contributed by atoms with Crippen molar-refractivity contribution in [2.75, 3.05) is 6.61 Å². The van der Waals surface area contributed by atoms with Crippen molar-refractivity contribution in [2.24, 2.45) is 0 Å². The van der Waals surface area contributed by atoms with Crippen LogP contribution < -0.4 is 5.32 Å². The quantitative estimate of drug-likeness (QED) is 0.720. The van der Waals surface area contributed by atoms with Gasteiger partial charge in [0.2, 0.25) is 0 Å². The first-order valence-electron chi connectivity index (χ1n) is 8.64. The molecule has 0 saturated heterocycles. The molecule has 0 aromatic heterocycles. The number of carbonyl (C=O) groups excluding carboxylic acids is 1. The summed E-state index contributed by atoms with van der Waals surface area (Å²) in [6.45, 7) is 16.5. The molecular formula is C19H33NO4Si. The third-order valence-corrected chi connectivity index (χ3v) is 8.92. The standard InChI is InChI=1S/C19H33NO4Si/c1-18(2,3)24-17(22)20-15(14-11-9-10-12-16(14)21)13-23-25(7,8)19(4,5)6/h9-12,15,21H,13H2,1-8H3,(H,20,22). The second kappa shape index (κ2) is 7.79. The fraction of sp³-hybridized carbons (Fsp3) is 0.632. The highest BCUT2D eigenvalue weighted by atomic mass is 28.4. The summed E-state index contributed by atoms with van der Waals surface area (Å²) >= 11 is 0. The molecule has 1 rings (SSSR count). The number of nitrogens with one attached hydrogen (secondary N) is 1. The van der Waals surface area contributed by atoms with E-state index in [4.69, 9.17) is 9.16 Å². The van der Waals surface area contributed by atoms with E-state index in [1.54, 1.807) is 18.2 Å². The molecule has 0 aliphatic carbocycles. The summed E-state index contributed by atoms with van der Waals surface area (Å²) < 4.78 is 11.6. The molecule has 0 saturated carbocycles. The summed E-state index contributed by atoms with van der Waals surface area (Å²) in [4.78, 5) is 12.2. The number of hydrogen-bond acceptors (Lipinski definition) is 4. The normalized spacial score (nSPS) is 14.1. The fourth-order valence-corrected chi connectivity index (χ4v) is 2.97. The van der Waals surface area contributed by atoms with Crippen molar-refractivity contribution < 1.29 is 19.1 Å². The highest BCUT2D eigenvalue weighted by Gasteiger charge is 2.38. The number of aromatic hydroxyl groups is 1. The van der Waals surface area contributed by atoms with Crippen molar-refractivity contribution in [3.63, 3.8) is 0 Å². The van der Waals surface area contributed by atoms with Crippen LogP contribution in [-0.4, -0.2) is 31.7 Å². The second-order valence-corrected chi connectivity index (χ2v) is 13.6. The summed E-state index contributed by atoms with van der Waals surface area (Å²) in [6.07, 6.45) is -0.528. The number of amides is 1. The molecule has 2 N–H and O–H groups in total. The van der Waals surface area contributed by atoms with Crippen molar-refractivity contribution in [2.45, 2.75) is 71.3 Å². The van der Waals surface area contributed by atoms with Crippen molar-refractivity contribution >= 4 is 14.4 Å². The topological polar surface area (TPSA) is 67.8 Å². The number of rotatable bonds is 5. The van der Waals surface area contributed by atoms with Gasteiger partial charge in [0.05, 0.1) is 12.6 Å². The summed E-state index contributed by atoms with van der Waals surface area (Å²) in [6, 6.07) is 6.48. The molecule has 6 heteroatoms. The molecule has 1 aromatic rings. The molecule has 0 fully saturated rings. The number of alkyl carbamates (subject to hydrolysis) is 1. The third-order valence-electron chi connectivity index (χ3n) is 4.42. The summed E-state index contributed by atoms with van der Waals surface area (Å²) in [5, 5.41) is 13.1. The molecule has 1 unspecified atom stereocenters. The monoisotopic (exact) mass is 367 g/mol. The van der Waals surface area contributed by atoms with Gasteiger partial charge in [0, 0.05) is 5.56 Å². The minimum absolute atomic E-state index is 0.0577. The van der Waals surface area contributed by atoms with Gasteiger partial charge in [-0.2, -0.15) is 0 Å². The molecule has 0 aliphatic heterocycles. The van der Waals surface area contributed by atoms with Gasteiger partial charge in [-0.05, 0) is 45.0 Å². The lowest BCUT2D eigenvalue weighted by Crippen LogP contribution is -2.44. The molecule has 0 bridgehead atoms. The van der Waals surface area contributed by atoms with Crippen molar-refractivity contribution in [3.05, 3.63) is 29.8 Å². The van der Waals surface area contributed by atoms with E-state index in [9.17, 15) is 9.90 Å². The molecular weight excluding hydrogens is 334 g/mol. The Bertz CT molecular complexity index is 588. The van der Waals surface area contributed by atoms with Gasteiger partial charge in [-0.1, -0.05) is 39.0 Å². The van der Waals surface area contributed by atoms with Crippen molar-refractivity contribution in [1.82, 2.24) is 5.32 Å². The van der Waals surface area contributed by atoms with E-state index in [2.05, 4.69) is 39.2 Å². The first-order chi connectivity index (χ1) is 11.2. The van der Waals surface area contributed by atoms with E-state index in [0.29, 0.717) is 5.56 Å². The number of benzene rings is 1. The summed E-state index contributed by atoms with van der Waals surface area (Å²) in [5.74, 6) is 0.127. The smallest absolute Gasteiger partial charge is 0.408 e. The number of hydrogen-bond donors (Lipinski definition) is 2. The van der Waals surface area contributed by atoms with Gasteiger partial charge in [-0.15, -0.1) is 0 Å². The van der Waals surface area contributed by atoms with Crippen LogP contribution in [0.4, 0.5) is 4.79 Å². The minimum Gasteiger partial charge on any atom is -0.508 e. The van der Waals surface area contributed by atoms with E-state index in [1.807, 2.05) is 26.8 Å². The highest BCUT2D eigenvalue weighted by Crippen LogP contribution is 2.37. The zero-order valence-electron chi connectivity index (χ0n) is 16.8. The van der Waals surface area contributed by atoms with Gasteiger partial charge in [0.1, 0.15) is 11.4 Å². The molecule has 142 valence electrons. The number of phenols is 1. The number of para-hydroxylation sites is 1. The van der Waals surface area contributed by atoms with Crippen LogP contribution in [0.3, 0.4) is 0 Å². The molecule has 1 aromatic carbocycles. The molecule has 1 atom stereocenters. The first kappa shape index (κ1) is 21.5. The van der Waals surface area contributed by atoms with E-state index in [-0.39, 0.29) is 17.4 Å². The maximum Gasteiger partial charge on any atom is 0.408 e. The van der Waals surface area contributed by atoms with Gasteiger partial charge in [-0.3, -0.25) is 0 Å². The van der Waals surface area contributed by atoms with Gasteiger partial charge in [0.15, 0.2) is 8.32 Å². The van der Waals surface area contributed by atoms with Crippen LogP contribution in [0.2, 0.25) is 18.1 Å². The number of carbonyl (C=O) groups is 1. The molecule has 0 spiro atoms. The van der Waals surface area contributed by atoms with E-state index >= 15 is 0 Å². The largest absolute Gasteiger partial charge is 0.508 e. The van der Waals surface area contributed by atoms with Crippen LogP contribution in [0, 0.1) is 0 Å². The predicted molar refractivity (Wildman–Crippen MR) is 103 cm³/mol. The van der Waals surface area contributed by atoms with E-state index in [0.717, 1.165) is 0 Å². The molecule has 0 radical (unpaired) electrons. The van der Waals surface area contributed by atoms with Gasteiger partial charge in [0.25, 0.3) is 0 Å². The maximum atomic E-state index is 12.2. The van der Waals surface area contributed by atoms with Crippen LogP contribution in [0.15, 0.2) is 24.3 Å². The lowest BCUT2D eigenvalue weighted by molar-refractivity contribution is 0.0483. The Morgan fingerprint density at radius 3 is 2.20 bits per heavy atom.